The molecule has 0 saturated carbocycles. The normalized spacial score (nSPS) is 14.3. The van der Waals surface area contributed by atoms with Crippen LogP contribution in [0.3, 0.4) is 0 Å². The van der Waals surface area contributed by atoms with E-state index in [2.05, 4.69) is 10.2 Å². The van der Waals surface area contributed by atoms with E-state index in [0.29, 0.717) is 37.7 Å². The van der Waals surface area contributed by atoms with Gasteiger partial charge in [0.2, 0.25) is 0 Å². The molecule has 0 bridgehead atoms. The summed E-state index contributed by atoms with van der Waals surface area (Å²) in [6.45, 7) is 2.75. The van der Waals surface area contributed by atoms with Crippen LogP contribution in [0.5, 0.6) is 0 Å². The molecule has 0 spiro atoms. The lowest BCUT2D eigenvalue weighted by molar-refractivity contribution is -0.146. The van der Waals surface area contributed by atoms with E-state index >= 15 is 0 Å². The molecule has 3 rings (SSSR count). The highest BCUT2D eigenvalue weighted by Gasteiger charge is 2.25. The van der Waals surface area contributed by atoms with Gasteiger partial charge < -0.3 is 15.1 Å². The molecule has 0 radical (unpaired) electrons. The van der Waals surface area contributed by atoms with Gasteiger partial charge in [-0.25, -0.2) is 0 Å². The number of carbonyl (C=O) groups excluding carboxylic acids is 2. The van der Waals surface area contributed by atoms with Gasteiger partial charge in [0.05, 0.1) is 0 Å². The van der Waals surface area contributed by atoms with E-state index in [-0.39, 0.29) is 0 Å². The van der Waals surface area contributed by atoms with Crippen LogP contribution in [0.2, 0.25) is 5.02 Å². The second-order valence-electron chi connectivity index (χ2n) is 5.93. The van der Waals surface area contributed by atoms with Crippen LogP contribution in [0.25, 0.3) is 0 Å². The van der Waals surface area contributed by atoms with Crippen molar-refractivity contribution in [1.82, 2.24) is 10.2 Å². The van der Waals surface area contributed by atoms with E-state index in [1.165, 1.54) is 0 Å². The molecule has 1 fully saturated rings. The third kappa shape index (κ3) is 4.51. The molecule has 6 heteroatoms. The van der Waals surface area contributed by atoms with Crippen LogP contribution in [0.4, 0.5) is 5.69 Å². The Morgan fingerprint density at radius 2 is 1.68 bits per heavy atom. The van der Waals surface area contributed by atoms with Crippen molar-refractivity contribution in [2.75, 3.05) is 31.1 Å². The number of rotatable bonds is 3. The molecule has 2 aromatic rings. The van der Waals surface area contributed by atoms with Crippen LogP contribution in [0, 0.1) is 0 Å². The zero-order valence-electron chi connectivity index (χ0n) is 13.8. The van der Waals surface area contributed by atoms with Gasteiger partial charge in [-0.2, -0.15) is 0 Å². The van der Waals surface area contributed by atoms with E-state index in [0.717, 1.165) is 11.3 Å². The minimum Gasteiger partial charge on any atom is -0.368 e. The Kier molecular flexibility index (Phi) is 5.56. The Morgan fingerprint density at radius 1 is 0.960 bits per heavy atom. The van der Waals surface area contributed by atoms with Crippen molar-refractivity contribution in [2.45, 2.75) is 6.54 Å². The highest BCUT2D eigenvalue weighted by molar-refractivity contribution is 6.35. The van der Waals surface area contributed by atoms with Gasteiger partial charge >= 0.3 is 11.8 Å². The molecular weight excluding hydrogens is 338 g/mol. The Bertz CT molecular complexity index is 743. The fraction of sp³-hybridized carbons (Fsp3) is 0.263. The molecule has 0 aromatic heterocycles. The number of anilines is 1. The van der Waals surface area contributed by atoms with E-state index < -0.39 is 11.8 Å². The smallest absolute Gasteiger partial charge is 0.312 e. The van der Waals surface area contributed by atoms with Crippen molar-refractivity contribution in [2.24, 2.45) is 0 Å². The molecule has 5 nitrogen and oxygen atoms in total. The monoisotopic (exact) mass is 357 g/mol. The lowest BCUT2D eigenvalue weighted by Gasteiger charge is -2.35. The number of piperazine rings is 1. The molecule has 1 aliphatic heterocycles. The summed E-state index contributed by atoms with van der Waals surface area (Å²) in [5.41, 5.74) is 2.00. The predicted octanol–water partition coefficient (Wildman–Crippen LogP) is 2.30. The standard InChI is InChI=1S/C19H20ClN3O2/c20-16-7-4-8-17(13-16)22-9-11-23(12-10-22)19(25)18(24)21-14-15-5-2-1-3-6-15/h1-8,13H,9-12,14H2,(H,21,24). The molecule has 2 amide bonds. The van der Waals surface area contributed by atoms with Crippen LogP contribution in [0.1, 0.15) is 5.56 Å². The number of hydrogen-bond donors (Lipinski definition) is 1. The Hall–Kier alpha value is -2.53. The largest absolute Gasteiger partial charge is 0.368 e. The maximum absolute atomic E-state index is 12.3. The van der Waals surface area contributed by atoms with Gasteiger partial charge in [-0.05, 0) is 23.8 Å². The van der Waals surface area contributed by atoms with Gasteiger partial charge in [-0.3, -0.25) is 9.59 Å². The first kappa shape index (κ1) is 17.3. The molecule has 25 heavy (non-hydrogen) atoms. The highest BCUT2D eigenvalue weighted by atomic mass is 35.5. The maximum atomic E-state index is 12.3. The first-order valence-electron chi connectivity index (χ1n) is 8.25. The van der Waals surface area contributed by atoms with Crippen molar-refractivity contribution >= 4 is 29.1 Å². The molecule has 1 N–H and O–H groups in total. The molecule has 1 aliphatic rings. The molecule has 1 heterocycles. The summed E-state index contributed by atoms with van der Waals surface area (Å²) in [5, 5.41) is 3.38. The third-order valence-electron chi connectivity index (χ3n) is 4.23. The fourth-order valence-corrected chi connectivity index (χ4v) is 3.02. The summed E-state index contributed by atoms with van der Waals surface area (Å²) in [4.78, 5) is 28.1. The lowest BCUT2D eigenvalue weighted by Crippen LogP contribution is -2.52. The molecule has 130 valence electrons. The Labute approximate surface area is 152 Å². The van der Waals surface area contributed by atoms with Gasteiger partial charge in [0.1, 0.15) is 0 Å². The predicted molar refractivity (Wildman–Crippen MR) is 98.5 cm³/mol. The number of hydrogen-bond acceptors (Lipinski definition) is 3. The SMILES string of the molecule is O=C(NCc1ccccc1)C(=O)N1CCN(c2cccc(Cl)c2)CC1. The van der Waals surface area contributed by atoms with Crippen molar-refractivity contribution in [1.29, 1.82) is 0 Å². The number of benzene rings is 2. The van der Waals surface area contributed by atoms with E-state index in [1.807, 2.05) is 54.6 Å². The number of nitrogens with zero attached hydrogens (tertiary/aromatic N) is 2. The van der Waals surface area contributed by atoms with E-state index in [1.54, 1.807) is 4.90 Å². The topological polar surface area (TPSA) is 52.7 Å². The maximum Gasteiger partial charge on any atom is 0.312 e. The highest BCUT2D eigenvalue weighted by Crippen LogP contribution is 2.20. The second-order valence-corrected chi connectivity index (χ2v) is 6.36. The number of carbonyl (C=O) groups is 2. The molecule has 0 aliphatic carbocycles. The van der Waals surface area contributed by atoms with Gasteiger partial charge in [0.25, 0.3) is 0 Å². The Morgan fingerprint density at radius 3 is 2.36 bits per heavy atom. The van der Waals surface area contributed by atoms with Gasteiger partial charge in [-0.15, -0.1) is 0 Å². The van der Waals surface area contributed by atoms with Crippen LogP contribution in [-0.2, 0) is 16.1 Å². The zero-order chi connectivity index (χ0) is 17.6. The molecule has 2 aromatic carbocycles. The lowest BCUT2D eigenvalue weighted by atomic mass is 10.2. The van der Waals surface area contributed by atoms with E-state index in [9.17, 15) is 9.59 Å². The van der Waals surface area contributed by atoms with Crippen molar-refractivity contribution in [3.63, 3.8) is 0 Å². The summed E-state index contributed by atoms with van der Waals surface area (Å²) in [5.74, 6) is -1.03. The van der Waals surface area contributed by atoms with Gasteiger partial charge in [-0.1, -0.05) is 48.0 Å². The third-order valence-corrected chi connectivity index (χ3v) is 4.47. The number of amides is 2. The molecule has 1 saturated heterocycles. The average Bonchev–Trinajstić information content (AvgIpc) is 2.66. The first-order valence-corrected chi connectivity index (χ1v) is 8.63. The van der Waals surface area contributed by atoms with Gasteiger partial charge in [0, 0.05) is 43.4 Å². The van der Waals surface area contributed by atoms with Crippen molar-refractivity contribution in [3.05, 3.63) is 65.2 Å². The molecular formula is C19H20ClN3O2. The average molecular weight is 358 g/mol. The Balaban J connectivity index is 1.50. The number of nitrogens with one attached hydrogen (secondary N) is 1. The quantitative estimate of drug-likeness (QED) is 0.858. The van der Waals surface area contributed by atoms with Crippen molar-refractivity contribution in [3.8, 4) is 0 Å². The summed E-state index contributed by atoms with van der Waals surface area (Å²) < 4.78 is 0. The summed E-state index contributed by atoms with van der Waals surface area (Å²) in [6.07, 6.45) is 0. The van der Waals surface area contributed by atoms with Crippen LogP contribution >= 0.6 is 11.6 Å². The molecule has 0 atom stereocenters. The van der Waals surface area contributed by atoms with Crippen LogP contribution in [-0.4, -0.2) is 42.9 Å². The van der Waals surface area contributed by atoms with Gasteiger partial charge in [0.15, 0.2) is 0 Å². The minimum absolute atomic E-state index is 0.355. The summed E-state index contributed by atoms with van der Waals surface area (Å²) in [6, 6.07) is 17.2. The minimum atomic E-state index is -0.556. The number of halogens is 1. The van der Waals surface area contributed by atoms with E-state index in [4.69, 9.17) is 11.6 Å². The van der Waals surface area contributed by atoms with Crippen LogP contribution in [0.15, 0.2) is 54.6 Å². The van der Waals surface area contributed by atoms with Crippen molar-refractivity contribution < 1.29 is 9.59 Å². The van der Waals surface area contributed by atoms with Crippen LogP contribution < -0.4 is 10.2 Å². The fourth-order valence-electron chi connectivity index (χ4n) is 2.84. The second kappa shape index (κ2) is 8.03. The summed E-state index contributed by atoms with van der Waals surface area (Å²) in [7, 11) is 0. The molecule has 0 unspecified atom stereocenters. The zero-order valence-corrected chi connectivity index (χ0v) is 14.6. The first-order chi connectivity index (χ1) is 12.1. The summed E-state index contributed by atoms with van der Waals surface area (Å²) >= 11 is 6.03.